The van der Waals surface area contributed by atoms with Gasteiger partial charge in [-0.2, -0.15) is 0 Å². The second-order valence-corrected chi connectivity index (χ2v) is 7.59. The molecule has 0 spiro atoms. The number of thioether (sulfide) groups is 1. The highest BCUT2D eigenvalue weighted by atomic mass is 32.2. The number of aryl methyl sites for hydroxylation is 1. The summed E-state index contributed by atoms with van der Waals surface area (Å²) in [6, 6.07) is 7.93. The number of anilines is 1. The highest BCUT2D eigenvalue weighted by Gasteiger charge is 2.23. The van der Waals surface area contributed by atoms with Gasteiger partial charge in [-0.05, 0) is 18.6 Å². The Morgan fingerprint density at radius 1 is 1.25 bits per heavy atom. The number of aromatic nitrogens is 2. The molecule has 1 aromatic heterocycles. The Bertz CT molecular complexity index is 863. The Labute approximate surface area is 169 Å². The van der Waals surface area contributed by atoms with Crippen LogP contribution in [-0.2, 0) is 11.2 Å². The van der Waals surface area contributed by atoms with E-state index in [-0.39, 0.29) is 17.2 Å². The Morgan fingerprint density at radius 3 is 2.68 bits per heavy atom. The van der Waals surface area contributed by atoms with Crippen LogP contribution < -0.4 is 15.2 Å². The zero-order valence-corrected chi connectivity index (χ0v) is 17.1. The SMILES string of the molecule is CCCc1cnc(SCC(=O)N2CCN(c3ccccc3OC)CC2)[nH]c1=O. The van der Waals surface area contributed by atoms with Crippen molar-refractivity contribution in [2.24, 2.45) is 0 Å². The zero-order valence-electron chi connectivity index (χ0n) is 16.3. The van der Waals surface area contributed by atoms with Crippen LogP contribution in [0, 0.1) is 0 Å². The first kappa shape index (κ1) is 20.3. The van der Waals surface area contributed by atoms with Crippen LogP contribution in [-0.4, -0.2) is 59.8 Å². The molecule has 150 valence electrons. The number of hydrogen-bond acceptors (Lipinski definition) is 6. The Balaban J connectivity index is 1.51. The molecule has 2 aromatic rings. The maximum atomic E-state index is 12.5. The third-order valence-corrected chi connectivity index (χ3v) is 5.63. The number of piperazine rings is 1. The van der Waals surface area contributed by atoms with Crippen molar-refractivity contribution in [2.45, 2.75) is 24.9 Å². The molecule has 0 bridgehead atoms. The number of hydrogen-bond donors (Lipinski definition) is 1. The monoisotopic (exact) mass is 402 g/mol. The molecule has 1 aliphatic heterocycles. The number of ether oxygens (including phenoxy) is 1. The van der Waals surface area contributed by atoms with Crippen molar-refractivity contribution in [2.75, 3.05) is 43.9 Å². The standard InChI is InChI=1S/C20H26N4O3S/c1-3-6-15-13-21-20(22-19(15)26)28-14-18(25)24-11-9-23(10-12-24)16-7-4-5-8-17(16)27-2/h4-5,7-8,13H,3,6,9-12,14H2,1-2H3,(H,21,22,26). The normalized spacial score (nSPS) is 14.2. The molecule has 0 atom stereocenters. The minimum Gasteiger partial charge on any atom is -0.495 e. The molecule has 1 aromatic carbocycles. The average molecular weight is 403 g/mol. The first-order chi connectivity index (χ1) is 13.6. The summed E-state index contributed by atoms with van der Waals surface area (Å²) in [5.41, 5.74) is 1.63. The maximum absolute atomic E-state index is 12.5. The van der Waals surface area contributed by atoms with Crippen LogP contribution in [0.25, 0.3) is 0 Å². The number of aromatic amines is 1. The van der Waals surface area contributed by atoms with Crippen LogP contribution in [0.2, 0.25) is 0 Å². The van der Waals surface area contributed by atoms with Crippen molar-refractivity contribution in [3.63, 3.8) is 0 Å². The van der Waals surface area contributed by atoms with Gasteiger partial charge in [0.25, 0.3) is 5.56 Å². The van der Waals surface area contributed by atoms with Gasteiger partial charge in [-0.25, -0.2) is 4.98 Å². The summed E-state index contributed by atoms with van der Waals surface area (Å²) in [6.45, 7) is 4.87. The van der Waals surface area contributed by atoms with Gasteiger partial charge in [-0.1, -0.05) is 37.2 Å². The van der Waals surface area contributed by atoms with Crippen LogP contribution in [0.3, 0.4) is 0 Å². The van der Waals surface area contributed by atoms with Gasteiger partial charge in [-0.3, -0.25) is 9.59 Å². The van der Waals surface area contributed by atoms with Gasteiger partial charge in [-0.15, -0.1) is 0 Å². The molecule has 8 heteroatoms. The predicted molar refractivity (Wildman–Crippen MR) is 111 cm³/mol. The summed E-state index contributed by atoms with van der Waals surface area (Å²) in [4.78, 5) is 35.6. The van der Waals surface area contributed by atoms with Crippen molar-refractivity contribution in [3.05, 3.63) is 46.4 Å². The topological polar surface area (TPSA) is 78.5 Å². The van der Waals surface area contributed by atoms with E-state index in [0.29, 0.717) is 30.2 Å². The molecule has 0 saturated carbocycles. The van der Waals surface area contributed by atoms with Crippen molar-refractivity contribution in [1.29, 1.82) is 0 Å². The number of H-pyrrole nitrogens is 1. The number of rotatable bonds is 7. The lowest BCUT2D eigenvalue weighted by Crippen LogP contribution is -2.49. The van der Waals surface area contributed by atoms with Crippen LogP contribution >= 0.6 is 11.8 Å². The molecular weight excluding hydrogens is 376 g/mol. The molecule has 3 rings (SSSR count). The molecular formula is C20H26N4O3S. The number of para-hydroxylation sites is 2. The Kier molecular flexibility index (Phi) is 6.97. The van der Waals surface area contributed by atoms with E-state index in [0.717, 1.165) is 30.9 Å². The first-order valence-corrected chi connectivity index (χ1v) is 10.5. The molecule has 0 aliphatic carbocycles. The smallest absolute Gasteiger partial charge is 0.254 e. The fraction of sp³-hybridized carbons (Fsp3) is 0.450. The quantitative estimate of drug-likeness (QED) is 0.565. The van der Waals surface area contributed by atoms with Crippen molar-refractivity contribution < 1.29 is 9.53 Å². The third kappa shape index (κ3) is 4.86. The minimum absolute atomic E-state index is 0.0601. The second kappa shape index (κ2) is 9.64. The van der Waals surface area contributed by atoms with E-state index in [2.05, 4.69) is 14.9 Å². The van der Waals surface area contributed by atoms with Gasteiger partial charge in [0.2, 0.25) is 5.91 Å². The van der Waals surface area contributed by atoms with Gasteiger partial charge >= 0.3 is 0 Å². The summed E-state index contributed by atoms with van der Waals surface area (Å²) < 4.78 is 5.43. The average Bonchev–Trinajstić information content (AvgIpc) is 2.74. The predicted octanol–water partition coefficient (Wildman–Crippen LogP) is 2.17. The van der Waals surface area contributed by atoms with Gasteiger partial charge < -0.3 is 19.5 Å². The molecule has 0 radical (unpaired) electrons. The highest BCUT2D eigenvalue weighted by molar-refractivity contribution is 7.99. The van der Waals surface area contributed by atoms with Crippen LogP contribution in [0.15, 0.2) is 40.4 Å². The Hall–Kier alpha value is -2.48. The maximum Gasteiger partial charge on any atom is 0.254 e. The number of nitrogens with one attached hydrogen (secondary N) is 1. The summed E-state index contributed by atoms with van der Waals surface area (Å²) in [5.74, 6) is 1.18. The lowest BCUT2D eigenvalue weighted by Gasteiger charge is -2.36. The van der Waals surface area contributed by atoms with Gasteiger partial charge in [0, 0.05) is 37.9 Å². The zero-order chi connectivity index (χ0) is 19.9. The number of methoxy groups -OCH3 is 1. The van der Waals surface area contributed by atoms with Crippen molar-refractivity contribution >= 4 is 23.4 Å². The van der Waals surface area contributed by atoms with E-state index in [1.165, 1.54) is 11.8 Å². The minimum atomic E-state index is -0.114. The largest absolute Gasteiger partial charge is 0.495 e. The van der Waals surface area contributed by atoms with Crippen molar-refractivity contribution in [1.82, 2.24) is 14.9 Å². The van der Waals surface area contributed by atoms with E-state index < -0.39 is 0 Å². The number of carbonyl (C=O) groups is 1. The number of carbonyl (C=O) groups excluding carboxylic acids is 1. The summed E-state index contributed by atoms with van der Waals surface area (Å²) in [6.07, 6.45) is 3.22. The number of nitrogens with zero attached hydrogens (tertiary/aromatic N) is 3. The van der Waals surface area contributed by atoms with Gasteiger partial charge in [0.1, 0.15) is 5.75 Å². The molecule has 1 fully saturated rings. The van der Waals surface area contributed by atoms with Crippen molar-refractivity contribution in [3.8, 4) is 5.75 Å². The first-order valence-electron chi connectivity index (χ1n) is 9.49. The molecule has 1 saturated heterocycles. The fourth-order valence-electron chi connectivity index (χ4n) is 3.23. The van der Waals surface area contributed by atoms with Crippen LogP contribution in [0.1, 0.15) is 18.9 Å². The van der Waals surface area contributed by atoms with Gasteiger partial charge in [0.05, 0.1) is 18.6 Å². The number of amides is 1. The molecule has 7 nitrogen and oxygen atoms in total. The van der Waals surface area contributed by atoms with E-state index in [1.54, 1.807) is 13.3 Å². The summed E-state index contributed by atoms with van der Waals surface area (Å²) >= 11 is 1.27. The fourth-order valence-corrected chi connectivity index (χ4v) is 3.97. The molecule has 1 N–H and O–H groups in total. The summed E-state index contributed by atoms with van der Waals surface area (Å²) in [5, 5.41) is 0.492. The molecule has 2 heterocycles. The molecule has 1 aliphatic rings. The van der Waals surface area contributed by atoms with E-state index >= 15 is 0 Å². The lowest BCUT2D eigenvalue weighted by atomic mass is 10.2. The second-order valence-electron chi connectivity index (χ2n) is 6.62. The molecule has 1 amide bonds. The number of benzene rings is 1. The molecule has 28 heavy (non-hydrogen) atoms. The Morgan fingerprint density at radius 2 is 2.00 bits per heavy atom. The van der Waals surface area contributed by atoms with Gasteiger partial charge in [0.15, 0.2) is 5.16 Å². The summed E-state index contributed by atoms with van der Waals surface area (Å²) in [7, 11) is 1.67. The van der Waals surface area contributed by atoms with Crippen LogP contribution in [0.4, 0.5) is 5.69 Å². The van der Waals surface area contributed by atoms with Crippen LogP contribution in [0.5, 0.6) is 5.75 Å². The van der Waals surface area contributed by atoms with E-state index in [4.69, 9.17) is 4.74 Å². The lowest BCUT2D eigenvalue weighted by molar-refractivity contribution is -0.128. The molecule has 0 unspecified atom stereocenters. The van der Waals surface area contributed by atoms with E-state index in [1.807, 2.05) is 36.1 Å². The third-order valence-electron chi connectivity index (χ3n) is 4.76. The highest BCUT2D eigenvalue weighted by Crippen LogP contribution is 2.28. The van der Waals surface area contributed by atoms with E-state index in [9.17, 15) is 9.59 Å².